The topological polar surface area (TPSA) is 89.0 Å². The summed E-state index contributed by atoms with van der Waals surface area (Å²) in [6.45, 7) is 1.97. The van der Waals surface area contributed by atoms with E-state index < -0.39 is 0 Å². The van der Waals surface area contributed by atoms with Gasteiger partial charge in [0, 0.05) is 35.5 Å². The SMILES string of the molecule is COc1ccccc1C(=O)Nc1ccc(C)c(Nc2nccc(-c3ccncc3)n2)c1. The number of aryl methyl sites for hydroxylation is 1. The zero-order valence-electron chi connectivity index (χ0n) is 17.2. The first-order chi connectivity index (χ1) is 15.1. The Balaban J connectivity index is 1.56. The number of anilines is 3. The van der Waals surface area contributed by atoms with Crippen molar-refractivity contribution in [3.63, 3.8) is 0 Å². The molecule has 0 aliphatic carbocycles. The molecule has 154 valence electrons. The fourth-order valence-electron chi connectivity index (χ4n) is 3.09. The van der Waals surface area contributed by atoms with Crippen LogP contribution in [0.3, 0.4) is 0 Å². The van der Waals surface area contributed by atoms with Gasteiger partial charge in [0.25, 0.3) is 5.91 Å². The molecule has 2 heterocycles. The molecule has 0 unspecified atom stereocenters. The summed E-state index contributed by atoms with van der Waals surface area (Å²) >= 11 is 0. The molecular formula is C24H21N5O2. The first-order valence-corrected chi connectivity index (χ1v) is 9.69. The maximum Gasteiger partial charge on any atom is 0.259 e. The van der Waals surface area contributed by atoms with E-state index in [4.69, 9.17) is 4.74 Å². The van der Waals surface area contributed by atoms with Crippen LogP contribution in [0.1, 0.15) is 15.9 Å². The van der Waals surface area contributed by atoms with E-state index in [1.807, 2.05) is 49.4 Å². The second-order valence-electron chi connectivity index (χ2n) is 6.81. The van der Waals surface area contributed by atoms with Gasteiger partial charge >= 0.3 is 0 Å². The molecule has 0 bridgehead atoms. The number of para-hydroxylation sites is 1. The second kappa shape index (κ2) is 9.04. The number of nitrogens with one attached hydrogen (secondary N) is 2. The van der Waals surface area contributed by atoms with Gasteiger partial charge in [-0.1, -0.05) is 18.2 Å². The zero-order valence-corrected chi connectivity index (χ0v) is 17.2. The van der Waals surface area contributed by atoms with Crippen LogP contribution in [0.4, 0.5) is 17.3 Å². The van der Waals surface area contributed by atoms with E-state index >= 15 is 0 Å². The van der Waals surface area contributed by atoms with Gasteiger partial charge in [0.2, 0.25) is 5.95 Å². The smallest absolute Gasteiger partial charge is 0.259 e. The van der Waals surface area contributed by atoms with Crippen molar-refractivity contribution in [3.05, 3.63) is 90.4 Å². The maximum atomic E-state index is 12.7. The molecule has 1 amide bonds. The van der Waals surface area contributed by atoms with Crippen LogP contribution >= 0.6 is 0 Å². The minimum atomic E-state index is -0.247. The third-order valence-corrected chi connectivity index (χ3v) is 4.73. The summed E-state index contributed by atoms with van der Waals surface area (Å²) in [6.07, 6.45) is 5.15. The monoisotopic (exact) mass is 411 g/mol. The molecule has 0 saturated heterocycles. The molecule has 2 N–H and O–H groups in total. The van der Waals surface area contributed by atoms with Gasteiger partial charge in [0.15, 0.2) is 0 Å². The maximum absolute atomic E-state index is 12.7. The molecule has 2 aromatic heterocycles. The Hall–Kier alpha value is -4.26. The number of hydrogen-bond acceptors (Lipinski definition) is 6. The number of hydrogen-bond donors (Lipinski definition) is 2. The summed E-state index contributed by atoms with van der Waals surface area (Å²) in [6, 6.07) is 18.4. The predicted molar refractivity (Wildman–Crippen MR) is 121 cm³/mol. The average molecular weight is 411 g/mol. The van der Waals surface area contributed by atoms with E-state index in [1.165, 1.54) is 0 Å². The Kier molecular flexibility index (Phi) is 5.84. The molecule has 2 aromatic carbocycles. The van der Waals surface area contributed by atoms with Crippen molar-refractivity contribution in [2.24, 2.45) is 0 Å². The lowest BCUT2D eigenvalue weighted by Crippen LogP contribution is -2.13. The number of benzene rings is 2. The Morgan fingerprint density at radius 3 is 2.58 bits per heavy atom. The highest BCUT2D eigenvalue weighted by Crippen LogP contribution is 2.25. The van der Waals surface area contributed by atoms with Gasteiger partial charge in [0.05, 0.1) is 18.4 Å². The van der Waals surface area contributed by atoms with Crippen molar-refractivity contribution in [1.82, 2.24) is 15.0 Å². The number of amides is 1. The van der Waals surface area contributed by atoms with Crippen molar-refractivity contribution in [1.29, 1.82) is 0 Å². The molecule has 7 nitrogen and oxygen atoms in total. The summed E-state index contributed by atoms with van der Waals surface area (Å²) in [5, 5.41) is 6.16. The number of pyridine rings is 1. The van der Waals surface area contributed by atoms with E-state index in [0.717, 1.165) is 22.5 Å². The minimum absolute atomic E-state index is 0.247. The summed E-state index contributed by atoms with van der Waals surface area (Å²) in [7, 11) is 1.54. The van der Waals surface area contributed by atoms with E-state index in [2.05, 4.69) is 25.6 Å². The quantitative estimate of drug-likeness (QED) is 0.471. The first kappa shape index (κ1) is 20.0. The van der Waals surface area contributed by atoms with Crippen LogP contribution in [0.5, 0.6) is 5.75 Å². The zero-order chi connectivity index (χ0) is 21.6. The third-order valence-electron chi connectivity index (χ3n) is 4.73. The Morgan fingerprint density at radius 2 is 1.77 bits per heavy atom. The summed E-state index contributed by atoms with van der Waals surface area (Å²) in [5.74, 6) is 0.737. The molecule has 0 aliphatic rings. The largest absolute Gasteiger partial charge is 0.496 e. The lowest BCUT2D eigenvalue weighted by Gasteiger charge is -2.13. The summed E-state index contributed by atoms with van der Waals surface area (Å²) in [4.78, 5) is 25.7. The van der Waals surface area contributed by atoms with Gasteiger partial charge < -0.3 is 15.4 Å². The molecule has 4 aromatic rings. The Bertz CT molecular complexity index is 1210. The van der Waals surface area contributed by atoms with Crippen molar-refractivity contribution in [3.8, 4) is 17.0 Å². The Labute approximate surface area is 180 Å². The van der Waals surface area contributed by atoms with E-state index in [9.17, 15) is 4.79 Å². The average Bonchev–Trinajstić information content (AvgIpc) is 2.82. The van der Waals surface area contributed by atoms with E-state index in [0.29, 0.717) is 22.9 Å². The van der Waals surface area contributed by atoms with Crippen LogP contribution in [0.15, 0.2) is 79.3 Å². The molecule has 0 atom stereocenters. The van der Waals surface area contributed by atoms with Crippen LogP contribution in [-0.2, 0) is 0 Å². The molecule has 31 heavy (non-hydrogen) atoms. The summed E-state index contributed by atoms with van der Waals surface area (Å²) in [5.41, 5.74) is 4.65. The van der Waals surface area contributed by atoms with Gasteiger partial charge in [-0.05, 0) is 55.0 Å². The molecule has 0 spiro atoms. The minimum Gasteiger partial charge on any atom is -0.496 e. The standard InChI is InChI=1S/C24H21N5O2/c1-16-7-8-18(27-23(30)19-5-3-4-6-22(19)31-2)15-21(16)29-24-26-14-11-20(28-24)17-9-12-25-13-10-17/h3-15H,1-2H3,(H,27,30)(H,26,28,29). The van der Waals surface area contributed by atoms with Crippen molar-refractivity contribution in [2.45, 2.75) is 6.92 Å². The fourth-order valence-corrected chi connectivity index (χ4v) is 3.09. The number of ether oxygens (including phenoxy) is 1. The van der Waals surface area contributed by atoms with Crippen molar-refractivity contribution in [2.75, 3.05) is 17.7 Å². The highest BCUT2D eigenvalue weighted by molar-refractivity contribution is 6.06. The normalized spacial score (nSPS) is 10.4. The number of carbonyl (C=O) groups excluding carboxylic acids is 1. The third kappa shape index (κ3) is 4.67. The molecule has 7 heteroatoms. The number of nitrogens with zero attached hydrogens (tertiary/aromatic N) is 3. The molecule has 0 aliphatic heterocycles. The number of aromatic nitrogens is 3. The molecule has 4 rings (SSSR count). The predicted octanol–water partition coefficient (Wildman–Crippen LogP) is 4.85. The molecule has 0 fully saturated rings. The molecule has 0 radical (unpaired) electrons. The lowest BCUT2D eigenvalue weighted by molar-refractivity contribution is 0.102. The van der Waals surface area contributed by atoms with Crippen LogP contribution in [0, 0.1) is 6.92 Å². The van der Waals surface area contributed by atoms with Crippen LogP contribution in [0.25, 0.3) is 11.3 Å². The van der Waals surface area contributed by atoms with Crippen molar-refractivity contribution >= 4 is 23.2 Å². The van der Waals surface area contributed by atoms with Gasteiger partial charge in [-0.2, -0.15) is 0 Å². The first-order valence-electron chi connectivity index (χ1n) is 9.69. The van der Waals surface area contributed by atoms with Gasteiger partial charge in [-0.3, -0.25) is 9.78 Å². The van der Waals surface area contributed by atoms with E-state index in [1.54, 1.807) is 43.9 Å². The van der Waals surface area contributed by atoms with Crippen LogP contribution in [0.2, 0.25) is 0 Å². The Morgan fingerprint density at radius 1 is 0.968 bits per heavy atom. The highest BCUT2D eigenvalue weighted by Gasteiger charge is 2.13. The van der Waals surface area contributed by atoms with E-state index in [-0.39, 0.29) is 5.91 Å². The number of rotatable bonds is 6. The van der Waals surface area contributed by atoms with Gasteiger partial charge in [0.1, 0.15) is 5.75 Å². The second-order valence-corrected chi connectivity index (χ2v) is 6.81. The number of methoxy groups -OCH3 is 1. The van der Waals surface area contributed by atoms with Crippen molar-refractivity contribution < 1.29 is 9.53 Å². The summed E-state index contributed by atoms with van der Waals surface area (Å²) < 4.78 is 5.28. The van der Waals surface area contributed by atoms with Gasteiger partial charge in [-0.15, -0.1) is 0 Å². The lowest BCUT2D eigenvalue weighted by atomic mass is 10.1. The molecule has 0 saturated carbocycles. The number of carbonyl (C=O) groups is 1. The fraction of sp³-hybridized carbons (Fsp3) is 0.0833. The van der Waals surface area contributed by atoms with Crippen LogP contribution < -0.4 is 15.4 Å². The van der Waals surface area contributed by atoms with Gasteiger partial charge in [-0.25, -0.2) is 9.97 Å². The molecular weight excluding hydrogens is 390 g/mol. The highest BCUT2D eigenvalue weighted by atomic mass is 16.5. The van der Waals surface area contributed by atoms with Crippen LogP contribution in [-0.4, -0.2) is 28.0 Å².